The first kappa shape index (κ1) is 17.0. The van der Waals surface area contributed by atoms with Crippen LogP contribution in [-0.4, -0.2) is 27.5 Å². The number of halogens is 3. The lowest BCUT2D eigenvalue weighted by atomic mass is 10.2. The van der Waals surface area contributed by atoms with Crippen LogP contribution in [0.2, 0.25) is 0 Å². The molecule has 0 aliphatic rings. The molecule has 3 aromatic rings. The predicted molar refractivity (Wildman–Crippen MR) is 87.3 cm³/mol. The highest BCUT2D eigenvalue weighted by molar-refractivity contribution is 5.55. The summed E-state index contributed by atoms with van der Waals surface area (Å²) in [7, 11) is 0. The molecule has 1 heterocycles. The van der Waals surface area contributed by atoms with Gasteiger partial charge in [0.05, 0.1) is 6.54 Å². The number of aromatic nitrogens is 3. The fourth-order valence-electron chi connectivity index (χ4n) is 2.44. The third-order valence-corrected chi connectivity index (χ3v) is 3.44. The first-order valence-electron chi connectivity index (χ1n) is 7.66. The molecule has 0 bridgehead atoms. The average Bonchev–Trinajstić information content (AvgIpc) is 2.94. The SMILES string of the molecule is Cc1nc(-c2ccccc2)n(Cc2cccc(OCC(F)(F)F)c2)n1. The van der Waals surface area contributed by atoms with E-state index in [0.29, 0.717) is 18.2 Å². The lowest BCUT2D eigenvalue weighted by Crippen LogP contribution is -2.19. The Morgan fingerprint density at radius 2 is 1.80 bits per heavy atom. The van der Waals surface area contributed by atoms with Crippen LogP contribution in [0, 0.1) is 6.92 Å². The largest absolute Gasteiger partial charge is 0.484 e. The number of aryl methyl sites for hydroxylation is 1. The highest BCUT2D eigenvalue weighted by Crippen LogP contribution is 2.22. The van der Waals surface area contributed by atoms with E-state index in [1.807, 2.05) is 36.4 Å². The fraction of sp³-hybridized carbons (Fsp3) is 0.222. The zero-order chi connectivity index (χ0) is 17.9. The van der Waals surface area contributed by atoms with E-state index in [4.69, 9.17) is 4.74 Å². The van der Waals surface area contributed by atoms with Crippen molar-refractivity contribution in [3.05, 3.63) is 66.0 Å². The van der Waals surface area contributed by atoms with Gasteiger partial charge in [0.25, 0.3) is 0 Å². The number of ether oxygens (including phenoxy) is 1. The molecule has 0 radical (unpaired) electrons. The molecule has 130 valence electrons. The molecule has 0 aliphatic heterocycles. The van der Waals surface area contributed by atoms with Gasteiger partial charge in [0.15, 0.2) is 12.4 Å². The standard InChI is InChI=1S/C18H16F3N3O/c1-13-22-17(15-7-3-2-4-8-15)24(23-13)11-14-6-5-9-16(10-14)25-12-18(19,20)21/h2-10H,11-12H2,1H3. The first-order valence-corrected chi connectivity index (χ1v) is 7.66. The Morgan fingerprint density at radius 1 is 1.04 bits per heavy atom. The number of benzene rings is 2. The molecule has 0 saturated carbocycles. The van der Waals surface area contributed by atoms with Crippen molar-refractivity contribution in [2.45, 2.75) is 19.6 Å². The quantitative estimate of drug-likeness (QED) is 0.693. The molecule has 0 atom stereocenters. The molecule has 0 N–H and O–H groups in total. The van der Waals surface area contributed by atoms with Crippen LogP contribution in [0.25, 0.3) is 11.4 Å². The zero-order valence-corrected chi connectivity index (χ0v) is 13.5. The van der Waals surface area contributed by atoms with Crippen molar-refractivity contribution in [2.24, 2.45) is 0 Å². The van der Waals surface area contributed by atoms with Gasteiger partial charge in [-0.25, -0.2) is 9.67 Å². The molecule has 0 aliphatic carbocycles. The molecule has 0 saturated heterocycles. The van der Waals surface area contributed by atoms with E-state index < -0.39 is 12.8 Å². The van der Waals surface area contributed by atoms with Gasteiger partial charge in [0.2, 0.25) is 0 Å². The van der Waals surface area contributed by atoms with Crippen LogP contribution >= 0.6 is 0 Å². The van der Waals surface area contributed by atoms with Gasteiger partial charge in [-0.3, -0.25) is 0 Å². The van der Waals surface area contributed by atoms with Crippen LogP contribution in [0.15, 0.2) is 54.6 Å². The molecular formula is C18H16F3N3O. The summed E-state index contributed by atoms with van der Waals surface area (Å²) >= 11 is 0. The van der Waals surface area contributed by atoms with Crippen LogP contribution in [0.1, 0.15) is 11.4 Å². The third-order valence-electron chi connectivity index (χ3n) is 3.44. The van der Waals surface area contributed by atoms with E-state index in [2.05, 4.69) is 10.1 Å². The van der Waals surface area contributed by atoms with Crippen LogP contribution in [0.5, 0.6) is 5.75 Å². The second kappa shape index (κ2) is 6.96. The van der Waals surface area contributed by atoms with Crippen molar-refractivity contribution in [1.82, 2.24) is 14.8 Å². The van der Waals surface area contributed by atoms with Crippen LogP contribution in [0.4, 0.5) is 13.2 Å². The summed E-state index contributed by atoms with van der Waals surface area (Å²) < 4.78 is 43.4. The molecule has 1 aromatic heterocycles. The van der Waals surface area contributed by atoms with Crippen molar-refractivity contribution >= 4 is 0 Å². The maximum atomic E-state index is 12.3. The average molecular weight is 347 g/mol. The minimum Gasteiger partial charge on any atom is -0.484 e. The van der Waals surface area contributed by atoms with Crippen molar-refractivity contribution < 1.29 is 17.9 Å². The highest BCUT2D eigenvalue weighted by atomic mass is 19.4. The number of alkyl halides is 3. The minimum absolute atomic E-state index is 0.174. The molecule has 2 aromatic carbocycles. The van der Waals surface area contributed by atoms with E-state index in [1.165, 1.54) is 6.07 Å². The Hall–Kier alpha value is -2.83. The monoisotopic (exact) mass is 347 g/mol. The normalized spacial score (nSPS) is 11.5. The first-order chi connectivity index (χ1) is 11.9. The van der Waals surface area contributed by atoms with Crippen molar-refractivity contribution in [2.75, 3.05) is 6.61 Å². The summed E-state index contributed by atoms with van der Waals surface area (Å²) in [6.07, 6.45) is -4.36. The second-order valence-corrected chi connectivity index (χ2v) is 5.56. The number of hydrogen-bond acceptors (Lipinski definition) is 3. The number of nitrogens with zero attached hydrogens (tertiary/aromatic N) is 3. The molecule has 7 heteroatoms. The van der Waals surface area contributed by atoms with Crippen LogP contribution in [-0.2, 0) is 6.54 Å². The Balaban J connectivity index is 1.81. The van der Waals surface area contributed by atoms with Crippen LogP contribution < -0.4 is 4.74 Å². The van der Waals surface area contributed by atoms with E-state index in [9.17, 15) is 13.2 Å². The minimum atomic E-state index is -4.36. The zero-order valence-electron chi connectivity index (χ0n) is 13.5. The lowest BCUT2D eigenvalue weighted by Gasteiger charge is -2.11. The van der Waals surface area contributed by atoms with Crippen LogP contribution in [0.3, 0.4) is 0 Å². The molecular weight excluding hydrogens is 331 g/mol. The van der Waals surface area contributed by atoms with Gasteiger partial charge >= 0.3 is 6.18 Å². The fourth-order valence-corrected chi connectivity index (χ4v) is 2.44. The lowest BCUT2D eigenvalue weighted by molar-refractivity contribution is -0.153. The molecule has 0 unspecified atom stereocenters. The summed E-state index contributed by atoms with van der Waals surface area (Å²) in [6.45, 7) is 0.869. The predicted octanol–water partition coefficient (Wildman–Crippen LogP) is 4.24. The van der Waals surface area contributed by atoms with E-state index >= 15 is 0 Å². The maximum Gasteiger partial charge on any atom is 0.422 e. The summed E-state index contributed by atoms with van der Waals surface area (Å²) in [4.78, 5) is 4.44. The van der Waals surface area contributed by atoms with Gasteiger partial charge in [-0.1, -0.05) is 42.5 Å². The van der Waals surface area contributed by atoms with Gasteiger partial charge in [0, 0.05) is 5.56 Å². The topological polar surface area (TPSA) is 39.9 Å². The van der Waals surface area contributed by atoms with Crippen molar-refractivity contribution in [3.8, 4) is 17.1 Å². The van der Waals surface area contributed by atoms with E-state index in [1.54, 1.807) is 23.7 Å². The summed E-state index contributed by atoms with van der Waals surface area (Å²) in [6, 6.07) is 16.2. The molecule has 25 heavy (non-hydrogen) atoms. The molecule has 0 amide bonds. The smallest absolute Gasteiger partial charge is 0.422 e. The van der Waals surface area contributed by atoms with Gasteiger partial charge in [-0.2, -0.15) is 18.3 Å². The maximum absolute atomic E-state index is 12.3. The van der Waals surface area contributed by atoms with E-state index in [0.717, 1.165) is 11.1 Å². The third kappa shape index (κ3) is 4.59. The van der Waals surface area contributed by atoms with Gasteiger partial charge < -0.3 is 4.74 Å². The second-order valence-electron chi connectivity index (χ2n) is 5.56. The molecule has 0 fully saturated rings. The van der Waals surface area contributed by atoms with E-state index in [-0.39, 0.29) is 5.75 Å². The molecule has 0 spiro atoms. The Bertz CT molecular complexity index is 844. The number of rotatable bonds is 5. The van der Waals surface area contributed by atoms with Gasteiger partial charge in [0.1, 0.15) is 11.6 Å². The summed E-state index contributed by atoms with van der Waals surface area (Å²) in [5, 5.41) is 4.38. The summed E-state index contributed by atoms with van der Waals surface area (Å²) in [5.74, 6) is 1.51. The Morgan fingerprint density at radius 3 is 2.52 bits per heavy atom. The van der Waals surface area contributed by atoms with Gasteiger partial charge in [-0.05, 0) is 24.6 Å². The Kier molecular flexibility index (Phi) is 4.74. The molecule has 4 nitrogen and oxygen atoms in total. The number of hydrogen-bond donors (Lipinski definition) is 0. The van der Waals surface area contributed by atoms with Gasteiger partial charge in [-0.15, -0.1) is 0 Å². The highest BCUT2D eigenvalue weighted by Gasteiger charge is 2.28. The Labute approximate surface area is 142 Å². The summed E-state index contributed by atoms with van der Waals surface area (Å²) in [5.41, 5.74) is 1.70. The van der Waals surface area contributed by atoms with Crippen molar-refractivity contribution in [3.63, 3.8) is 0 Å². The molecule has 3 rings (SSSR count). The van der Waals surface area contributed by atoms with Crippen molar-refractivity contribution in [1.29, 1.82) is 0 Å².